The van der Waals surface area contributed by atoms with Gasteiger partial charge in [-0.1, -0.05) is 90.5 Å². The van der Waals surface area contributed by atoms with Crippen LogP contribution in [0, 0.1) is 0 Å². The van der Waals surface area contributed by atoms with E-state index in [0.717, 1.165) is 22.5 Å². The lowest BCUT2D eigenvalue weighted by Crippen LogP contribution is -2.26. The van der Waals surface area contributed by atoms with Crippen molar-refractivity contribution in [3.05, 3.63) is 102 Å². The molecule has 0 amide bonds. The van der Waals surface area contributed by atoms with E-state index in [4.69, 9.17) is 11.6 Å². The van der Waals surface area contributed by atoms with Gasteiger partial charge in [0, 0.05) is 11.3 Å². The van der Waals surface area contributed by atoms with Crippen LogP contribution in [0.1, 0.15) is 11.1 Å². The summed E-state index contributed by atoms with van der Waals surface area (Å²) in [6.07, 6.45) is 2.05. The maximum atomic E-state index is 6.32. The monoisotopic (exact) mass is 344 g/mol. The molecule has 2 nitrogen and oxygen atoms in total. The van der Waals surface area contributed by atoms with Gasteiger partial charge in [0.25, 0.3) is 0 Å². The quantitative estimate of drug-likeness (QED) is 0.505. The standard InChI is InChI=1S/C22H17ClN2/c23-22-24-20(17-10-5-2-6-11-17)15-21(25-22)19-13-7-12-18(14-19)16-8-3-1-4-9-16/h1-15,22,24H. The summed E-state index contributed by atoms with van der Waals surface area (Å²) < 4.78 is 0. The van der Waals surface area contributed by atoms with E-state index in [1.807, 2.05) is 36.4 Å². The number of alkyl halides is 1. The highest BCUT2D eigenvalue weighted by Gasteiger charge is 2.15. The molecular formula is C22H17ClN2. The van der Waals surface area contributed by atoms with Crippen molar-refractivity contribution in [1.29, 1.82) is 0 Å². The lowest BCUT2D eigenvalue weighted by atomic mass is 9.99. The Bertz CT molecular complexity index is 931. The molecule has 25 heavy (non-hydrogen) atoms. The van der Waals surface area contributed by atoms with Crippen LogP contribution in [0.3, 0.4) is 0 Å². The number of rotatable bonds is 3. The molecule has 0 saturated heterocycles. The molecule has 1 aliphatic heterocycles. The second-order valence-corrected chi connectivity index (χ2v) is 6.28. The molecule has 4 rings (SSSR count). The number of nitrogens with one attached hydrogen (secondary N) is 1. The van der Waals surface area contributed by atoms with E-state index in [-0.39, 0.29) is 0 Å². The molecule has 122 valence electrons. The van der Waals surface area contributed by atoms with Crippen molar-refractivity contribution in [3.63, 3.8) is 0 Å². The van der Waals surface area contributed by atoms with E-state index in [1.54, 1.807) is 0 Å². The van der Waals surface area contributed by atoms with Crippen LogP contribution in [-0.2, 0) is 0 Å². The molecule has 0 saturated carbocycles. The fourth-order valence-electron chi connectivity index (χ4n) is 2.93. The maximum Gasteiger partial charge on any atom is 0.196 e. The van der Waals surface area contributed by atoms with Gasteiger partial charge in [-0.05, 0) is 28.8 Å². The predicted molar refractivity (Wildman–Crippen MR) is 106 cm³/mol. The predicted octanol–water partition coefficient (Wildman–Crippen LogP) is 5.31. The largest absolute Gasteiger partial charge is 0.351 e. The zero-order valence-corrected chi connectivity index (χ0v) is 14.3. The minimum atomic E-state index is -0.476. The zero-order chi connectivity index (χ0) is 17.1. The number of halogens is 1. The van der Waals surface area contributed by atoms with Crippen molar-refractivity contribution < 1.29 is 0 Å². The van der Waals surface area contributed by atoms with E-state index in [9.17, 15) is 0 Å². The Morgan fingerprint density at radius 3 is 2.00 bits per heavy atom. The number of aliphatic imine (C=N–C) groups is 1. The van der Waals surface area contributed by atoms with Gasteiger partial charge in [-0.25, -0.2) is 4.99 Å². The Morgan fingerprint density at radius 2 is 1.28 bits per heavy atom. The minimum Gasteiger partial charge on any atom is -0.351 e. The Morgan fingerprint density at radius 1 is 0.680 bits per heavy atom. The summed E-state index contributed by atoms with van der Waals surface area (Å²) in [5.41, 5.74) is 5.90. The first-order valence-electron chi connectivity index (χ1n) is 8.21. The first-order valence-corrected chi connectivity index (χ1v) is 8.65. The minimum absolute atomic E-state index is 0.476. The average Bonchev–Trinajstić information content (AvgIpc) is 2.69. The highest BCUT2D eigenvalue weighted by atomic mass is 35.5. The van der Waals surface area contributed by atoms with E-state index < -0.39 is 5.62 Å². The SMILES string of the molecule is ClC1N=C(c2cccc(-c3ccccc3)c2)C=C(c2ccccc2)N1. The van der Waals surface area contributed by atoms with Crippen molar-refractivity contribution in [1.82, 2.24) is 5.32 Å². The molecule has 0 fully saturated rings. The highest BCUT2D eigenvalue weighted by molar-refractivity contribution is 6.24. The summed E-state index contributed by atoms with van der Waals surface area (Å²) in [4.78, 5) is 4.56. The fourth-order valence-corrected chi connectivity index (χ4v) is 3.15. The third kappa shape index (κ3) is 3.49. The van der Waals surface area contributed by atoms with Crippen molar-refractivity contribution >= 4 is 23.0 Å². The zero-order valence-electron chi connectivity index (χ0n) is 13.6. The van der Waals surface area contributed by atoms with Crippen LogP contribution < -0.4 is 5.32 Å². The Balaban J connectivity index is 1.73. The van der Waals surface area contributed by atoms with Crippen LogP contribution in [0.15, 0.2) is 96.0 Å². The number of nitrogens with zero attached hydrogens (tertiary/aromatic N) is 1. The molecule has 0 aromatic heterocycles. The van der Waals surface area contributed by atoms with Crippen LogP contribution in [0.4, 0.5) is 0 Å². The topological polar surface area (TPSA) is 24.4 Å². The number of hydrogen-bond acceptors (Lipinski definition) is 2. The smallest absolute Gasteiger partial charge is 0.196 e. The normalized spacial score (nSPS) is 16.6. The van der Waals surface area contributed by atoms with Crippen LogP contribution in [0.25, 0.3) is 16.8 Å². The van der Waals surface area contributed by atoms with E-state index in [0.29, 0.717) is 0 Å². The van der Waals surface area contributed by atoms with Crippen molar-refractivity contribution in [2.75, 3.05) is 0 Å². The first-order chi connectivity index (χ1) is 12.3. The van der Waals surface area contributed by atoms with Gasteiger partial charge < -0.3 is 5.32 Å². The molecule has 3 aromatic carbocycles. The van der Waals surface area contributed by atoms with Crippen molar-refractivity contribution in [2.24, 2.45) is 4.99 Å². The molecule has 0 radical (unpaired) electrons. The first kappa shape index (κ1) is 15.7. The molecule has 3 aromatic rings. The molecule has 1 aliphatic rings. The van der Waals surface area contributed by atoms with Gasteiger partial charge in [-0.3, -0.25) is 0 Å². The fraction of sp³-hybridized carbons (Fsp3) is 0.0455. The lowest BCUT2D eigenvalue weighted by Gasteiger charge is -2.20. The van der Waals surface area contributed by atoms with Crippen molar-refractivity contribution in [2.45, 2.75) is 5.62 Å². The van der Waals surface area contributed by atoms with Crippen LogP contribution in [0.5, 0.6) is 0 Å². The van der Waals surface area contributed by atoms with Crippen LogP contribution in [0.2, 0.25) is 0 Å². The van der Waals surface area contributed by atoms with Crippen LogP contribution >= 0.6 is 11.6 Å². The van der Waals surface area contributed by atoms with Gasteiger partial charge in [0.1, 0.15) is 0 Å². The van der Waals surface area contributed by atoms with E-state index >= 15 is 0 Å². The number of benzene rings is 3. The number of hydrogen-bond donors (Lipinski definition) is 1. The number of allylic oxidation sites excluding steroid dienone is 1. The summed E-state index contributed by atoms with van der Waals surface area (Å²) in [6, 6.07) is 28.9. The summed E-state index contributed by atoms with van der Waals surface area (Å²) >= 11 is 6.32. The van der Waals surface area contributed by atoms with Gasteiger partial charge in [-0.15, -0.1) is 0 Å². The molecule has 0 bridgehead atoms. The van der Waals surface area contributed by atoms with E-state index in [2.05, 4.69) is 64.9 Å². The Hall–Kier alpha value is -2.84. The molecule has 3 heteroatoms. The van der Waals surface area contributed by atoms with Crippen molar-refractivity contribution in [3.8, 4) is 11.1 Å². The van der Waals surface area contributed by atoms with Gasteiger partial charge in [0.15, 0.2) is 5.62 Å². The van der Waals surface area contributed by atoms with Crippen LogP contribution in [-0.4, -0.2) is 11.3 Å². The third-order valence-corrected chi connectivity index (χ3v) is 4.37. The third-order valence-electron chi connectivity index (χ3n) is 4.16. The highest BCUT2D eigenvalue weighted by Crippen LogP contribution is 2.24. The molecule has 1 atom stereocenters. The Labute approximate surface area is 152 Å². The molecule has 0 aliphatic carbocycles. The molecule has 1 heterocycles. The maximum absolute atomic E-state index is 6.32. The van der Waals surface area contributed by atoms with Gasteiger partial charge in [0.05, 0.1) is 5.71 Å². The second kappa shape index (κ2) is 6.96. The summed E-state index contributed by atoms with van der Waals surface area (Å²) in [6.45, 7) is 0. The average molecular weight is 345 g/mol. The summed E-state index contributed by atoms with van der Waals surface area (Å²) in [5, 5.41) is 3.22. The van der Waals surface area contributed by atoms with Gasteiger partial charge >= 0.3 is 0 Å². The van der Waals surface area contributed by atoms with E-state index in [1.165, 1.54) is 11.1 Å². The van der Waals surface area contributed by atoms with Gasteiger partial charge in [-0.2, -0.15) is 0 Å². The summed E-state index contributed by atoms with van der Waals surface area (Å²) in [7, 11) is 0. The Kier molecular flexibility index (Phi) is 4.36. The molecule has 1 unspecified atom stereocenters. The van der Waals surface area contributed by atoms with Gasteiger partial charge in [0.2, 0.25) is 0 Å². The molecular weight excluding hydrogens is 328 g/mol. The molecule has 1 N–H and O–H groups in total. The lowest BCUT2D eigenvalue weighted by molar-refractivity contribution is 0.819. The second-order valence-electron chi connectivity index (χ2n) is 5.87. The summed E-state index contributed by atoms with van der Waals surface area (Å²) in [5.74, 6) is 0. The molecule has 0 spiro atoms.